The molecule has 22 heavy (non-hydrogen) atoms. The van der Waals surface area contributed by atoms with Gasteiger partial charge >= 0.3 is 0 Å². The number of ether oxygens (including phenoxy) is 5. The molecule has 0 saturated heterocycles. The van der Waals surface area contributed by atoms with Crippen molar-refractivity contribution in [3.63, 3.8) is 0 Å². The fraction of sp³-hybridized carbons (Fsp3) is 0.529. The van der Waals surface area contributed by atoms with Crippen molar-refractivity contribution in [2.75, 3.05) is 41.0 Å². The Hall–Kier alpha value is -1.56. The van der Waals surface area contributed by atoms with Gasteiger partial charge in [0.2, 0.25) is 0 Å². The van der Waals surface area contributed by atoms with E-state index in [-0.39, 0.29) is 13.6 Å². The number of benzene rings is 1. The summed E-state index contributed by atoms with van der Waals surface area (Å²) in [5.74, 6) is 1.49. The van der Waals surface area contributed by atoms with Crippen LogP contribution in [0.4, 0.5) is 0 Å². The summed E-state index contributed by atoms with van der Waals surface area (Å²) in [6.45, 7) is 7.31. The van der Waals surface area contributed by atoms with Crippen LogP contribution < -0.4 is 9.47 Å². The molecule has 1 aromatic carbocycles. The molecule has 0 unspecified atom stereocenters. The molecule has 0 radical (unpaired) electrons. The SMILES string of the molecule is C=CCOCCc1cc(OCOC)cc(OCOC)c1CC. The lowest BCUT2D eigenvalue weighted by molar-refractivity contribution is 0.0454. The third-order valence-corrected chi connectivity index (χ3v) is 3.06. The topological polar surface area (TPSA) is 46.2 Å². The summed E-state index contributed by atoms with van der Waals surface area (Å²) in [4.78, 5) is 0. The number of hydrogen-bond donors (Lipinski definition) is 0. The maximum Gasteiger partial charge on any atom is 0.188 e. The van der Waals surface area contributed by atoms with E-state index in [1.165, 1.54) is 0 Å². The van der Waals surface area contributed by atoms with E-state index in [1.807, 2.05) is 12.1 Å². The minimum atomic E-state index is 0.196. The summed E-state index contributed by atoms with van der Waals surface area (Å²) in [7, 11) is 3.19. The molecule has 0 spiro atoms. The second kappa shape index (κ2) is 11.1. The molecule has 0 aliphatic heterocycles. The summed E-state index contributed by atoms with van der Waals surface area (Å²) >= 11 is 0. The molecule has 0 saturated carbocycles. The molecule has 0 aliphatic rings. The maximum atomic E-state index is 5.67. The van der Waals surface area contributed by atoms with Gasteiger partial charge in [-0.1, -0.05) is 13.0 Å². The highest BCUT2D eigenvalue weighted by molar-refractivity contribution is 5.47. The molecule has 0 N–H and O–H groups in total. The van der Waals surface area contributed by atoms with Gasteiger partial charge in [0.05, 0.1) is 13.2 Å². The van der Waals surface area contributed by atoms with E-state index in [1.54, 1.807) is 20.3 Å². The highest BCUT2D eigenvalue weighted by Gasteiger charge is 2.12. The van der Waals surface area contributed by atoms with Crippen molar-refractivity contribution in [2.24, 2.45) is 0 Å². The molecule has 1 aromatic rings. The molecule has 0 aliphatic carbocycles. The Balaban J connectivity index is 2.93. The van der Waals surface area contributed by atoms with Crippen LogP contribution in [-0.2, 0) is 27.1 Å². The standard InChI is InChI=1S/C17H26O5/c1-5-8-20-9-7-14-10-15(21-12-18-3)11-17(16(14)6-2)22-13-19-4/h5,10-11H,1,6-9,12-13H2,2-4H3. The summed E-state index contributed by atoms with van der Waals surface area (Å²) in [6, 6.07) is 3.87. The summed E-state index contributed by atoms with van der Waals surface area (Å²) < 4.78 is 26.6. The van der Waals surface area contributed by atoms with Gasteiger partial charge in [-0.15, -0.1) is 6.58 Å². The Bertz CT molecular complexity index is 445. The van der Waals surface area contributed by atoms with Crippen molar-refractivity contribution in [3.05, 3.63) is 35.9 Å². The third-order valence-electron chi connectivity index (χ3n) is 3.06. The van der Waals surface area contributed by atoms with Gasteiger partial charge in [-0.3, -0.25) is 0 Å². The molecule has 124 valence electrons. The molecule has 0 heterocycles. The van der Waals surface area contributed by atoms with Gasteiger partial charge in [-0.25, -0.2) is 0 Å². The number of methoxy groups -OCH3 is 2. The fourth-order valence-electron chi connectivity index (χ4n) is 2.11. The van der Waals surface area contributed by atoms with E-state index in [0.717, 1.165) is 29.7 Å². The van der Waals surface area contributed by atoms with Gasteiger partial charge in [0.15, 0.2) is 13.6 Å². The first-order valence-electron chi connectivity index (χ1n) is 7.34. The smallest absolute Gasteiger partial charge is 0.188 e. The quantitative estimate of drug-likeness (QED) is 0.337. The van der Waals surface area contributed by atoms with Gasteiger partial charge in [-0.2, -0.15) is 0 Å². The zero-order chi connectivity index (χ0) is 16.2. The molecule has 0 aromatic heterocycles. The van der Waals surface area contributed by atoms with Gasteiger partial charge in [0, 0.05) is 20.3 Å². The summed E-state index contributed by atoms with van der Waals surface area (Å²) in [5.41, 5.74) is 2.29. The van der Waals surface area contributed by atoms with Crippen LogP contribution in [0.3, 0.4) is 0 Å². The zero-order valence-electron chi connectivity index (χ0n) is 13.7. The molecule has 0 atom stereocenters. The highest BCUT2D eigenvalue weighted by atomic mass is 16.7. The lowest BCUT2D eigenvalue weighted by atomic mass is 10.0. The van der Waals surface area contributed by atoms with E-state index < -0.39 is 0 Å². The minimum absolute atomic E-state index is 0.196. The van der Waals surface area contributed by atoms with Crippen molar-refractivity contribution in [3.8, 4) is 11.5 Å². The summed E-state index contributed by atoms with van der Waals surface area (Å²) in [6.07, 6.45) is 3.39. The van der Waals surface area contributed by atoms with Crippen LogP contribution in [0, 0.1) is 0 Å². The monoisotopic (exact) mass is 310 g/mol. The van der Waals surface area contributed by atoms with Crippen LogP contribution in [0.15, 0.2) is 24.8 Å². The molecule has 5 nitrogen and oxygen atoms in total. The Labute approximate surface area is 132 Å². The molecular formula is C17H26O5. The molecule has 0 fully saturated rings. The van der Waals surface area contributed by atoms with Crippen LogP contribution in [-0.4, -0.2) is 41.0 Å². The first-order chi connectivity index (χ1) is 10.8. The predicted octanol–water partition coefficient (Wildman–Crippen LogP) is 2.96. The van der Waals surface area contributed by atoms with Crippen molar-refractivity contribution in [2.45, 2.75) is 19.8 Å². The average molecular weight is 310 g/mol. The van der Waals surface area contributed by atoms with Gasteiger partial charge < -0.3 is 23.7 Å². The Morgan fingerprint density at radius 1 is 1.09 bits per heavy atom. The van der Waals surface area contributed by atoms with Gasteiger partial charge in [0.25, 0.3) is 0 Å². The maximum absolute atomic E-state index is 5.67. The van der Waals surface area contributed by atoms with Crippen molar-refractivity contribution in [1.82, 2.24) is 0 Å². The molecule has 0 bridgehead atoms. The van der Waals surface area contributed by atoms with E-state index in [2.05, 4.69) is 13.5 Å². The average Bonchev–Trinajstić information content (AvgIpc) is 2.54. The van der Waals surface area contributed by atoms with E-state index in [4.69, 9.17) is 23.7 Å². The van der Waals surface area contributed by atoms with Crippen LogP contribution in [0.1, 0.15) is 18.1 Å². The largest absolute Gasteiger partial charge is 0.467 e. The summed E-state index contributed by atoms with van der Waals surface area (Å²) in [5, 5.41) is 0. The van der Waals surface area contributed by atoms with Crippen molar-refractivity contribution >= 4 is 0 Å². The minimum Gasteiger partial charge on any atom is -0.467 e. The number of hydrogen-bond acceptors (Lipinski definition) is 5. The van der Waals surface area contributed by atoms with Crippen molar-refractivity contribution in [1.29, 1.82) is 0 Å². The second-order valence-corrected chi connectivity index (χ2v) is 4.63. The van der Waals surface area contributed by atoms with Gasteiger partial charge in [-0.05, 0) is 30.0 Å². The van der Waals surface area contributed by atoms with Crippen molar-refractivity contribution < 1.29 is 23.7 Å². The normalized spacial score (nSPS) is 10.5. The number of rotatable bonds is 12. The fourth-order valence-corrected chi connectivity index (χ4v) is 2.11. The second-order valence-electron chi connectivity index (χ2n) is 4.63. The van der Waals surface area contributed by atoms with Crippen LogP contribution in [0.2, 0.25) is 0 Å². The van der Waals surface area contributed by atoms with Crippen LogP contribution in [0.25, 0.3) is 0 Å². The molecule has 1 rings (SSSR count). The first-order valence-corrected chi connectivity index (χ1v) is 7.34. The highest BCUT2D eigenvalue weighted by Crippen LogP contribution is 2.30. The molecule has 5 heteroatoms. The lowest BCUT2D eigenvalue weighted by Crippen LogP contribution is -2.08. The third kappa shape index (κ3) is 6.05. The van der Waals surface area contributed by atoms with E-state index >= 15 is 0 Å². The predicted molar refractivity (Wildman–Crippen MR) is 85.5 cm³/mol. The Kier molecular flexibility index (Phi) is 9.30. The van der Waals surface area contributed by atoms with E-state index in [0.29, 0.717) is 19.0 Å². The zero-order valence-corrected chi connectivity index (χ0v) is 13.7. The van der Waals surface area contributed by atoms with Crippen LogP contribution >= 0.6 is 0 Å². The Morgan fingerprint density at radius 3 is 2.45 bits per heavy atom. The van der Waals surface area contributed by atoms with Gasteiger partial charge in [0.1, 0.15) is 11.5 Å². The van der Waals surface area contributed by atoms with E-state index in [9.17, 15) is 0 Å². The van der Waals surface area contributed by atoms with Crippen LogP contribution in [0.5, 0.6) is 11.5 Å². The molecule has 0 amide bonds. The first kappa shape index (κ1) is 18.5. The Morgan fingerprint density at radius 2 is 1.82 bits per heavy atom. The molecular weight excluding hydrogens is 284 g/mol. The lowest BCUT2D eigenvalue weighted by Gasteiger charge is -2.17.